The smallest absolute Gasteiger partial charge is 0.491 e. The van der Waals surface area contributed by atoms with Crippen LogP contribution in [0.5, 0.6) is 11.6 Å². The van der Waals surface area contributed by atoms with Gasteiger partial charge in [0.05, 0.1) is 12.8 Å². The zero-order valence-corrected chi connectivity index (χ0v) is 10.5. The highest BCUT2D eigenvalue weighted by molar-refractivity contribution is 9.08. The largest absolute Gasteiger partial charge is 0.574 e. The topological polar surface area (TPSA) is 68.7 Å². The van der Waals surface area contributed by atoms with E-state index in [1.807, 2.05) is 0 Å². The summed E-state index contributed by atoms with van der Waals surface area (Å²) in [5.74, 6) is -2.95. The molecule has 0 aromatic carbocycles. The molecule has 0 amide bonds. The Balaban J connectivity index is 3.37. The second kappa shape index (κ2) is 5.42. The first kappa shape index (κ1) is 14.6. The number of carboxylic acid groups (broad SMARTS) is 1. The van der Waals surface area contributed by atoms with Crippen molar-refractivity contribution in [3.8, 4) is 11.6 Å². The van der Waals surface area contributed by atoms with Gasteiger partial charge in [-0.2, -0.15) is 0 Å². The van der Waals surface area contributed by atoms with E-state index in [0.29, 0.717) is 0 Å². The van der Waals surface area contributed by atoms with Gasteiger partial charge in [-0.1, -0.05) is 15.9 Å². The molecular formula is C9H7BrF3NO4. The Morgan fingerprint density at radius 1 is 1.56 bits per heavy atom. The minimum Gasteiger partial charge on any atom is -0.491 e. The van der Waals surface area contributed by atoms with E-state index in [1.165, 1.54) is 0 Å². The van der Waals surface area contributed by atoms with Gasteiger partial charge < -0.3 is 14.6 Å². The summed E-state index contributed by atoms with van der Waals surface area (Å²) in [6, 6.07) is 1.10. The van der Waals surface area contributed by atoms with Crippen LogP contribution in [0.25, 0.3) is 0 Å². The van der Waals surface area contributed by atoms with Crippen molar-refractivity contribution >= 4 is 21.9 Å². The van der Waals surface area contributed by atoms with Gasteiger partial charge >= 0.3 is 12.3 Å². The minimum absolute atomic E-state index is 0.0749. The number of pyridine rings is 1. The van der Waals surface area contributed by atoms with Gasteiger partial charge in [0.1, 0.15) is 5.56 Å². The predicted octanol–water partition coefficient (Wildman–Crippen LogP) is 2.58. The molecule has 0 atom stereocenters. The fourth-order valence-corrected chi connectivity index (χ4v) is 1.45. The molecule has 0 fully saturated rings. The summed E-state index contributed by atoms with van der Waals surface area (Å²) in [5.41, 5.74) is -0.381. The van der Waals surface area contributed by atoms with E-state index in [4.69, 9.17) is 5.11 Å². The van der Waals surface area contributed by atoms with Crippen molar-refractivity contribution in [2.45, 2.75) is 11.7 Å². The van der Waals surface area contributed by atoms with Gasteiger partial charge in [0.25, 0.3) is 5.88 Å². The SMILES string of the molecule is COc1c(C(=O)O)cc(CBr)nc1OC(F)(F)F. The number of aromatic nitrogens is 1. The summed E-state index contributed by atoms with van der Waals surface area (Å²) in [5, 5.41) is 8.95. The molecule has 0 aliphatic heterocycles. The number of alkyl halides is 4. The Morgan fingerprint density at radius 2 is 2.17 bits per heavy atom. The molecule has 0 radical (unpaired) electrons. The lowest BCUT2D eigenvalue weighted by molar-refractivity contribution is -0.276. The van der Waals surface area contributed by atoms with Crippen LogP contribution >= 0.6 is 15.9 Å². The molecule has 0 aliphatic rings. The zero-order valence-electron chi connectivity index (χ0n) is 8.92. The first-order valence-corrected chi connectivity index (χ1v) is 5.53. The molecule has 0 spiro atoms. The third-order valence-corrected chi connectivity index (χ3v) is 2.35. The fourth-order valence-electron chi connectivity index (χ4n) is 1.16. The van der Waals surface area contributed by atoms with E-state index in [2.05, 4.69) is 30.4 Å². The Bertz CT molecular complexity index is 464. The predicted molar refractivity (Wildman–Crippen MR) is 57.1 cm³/mol. The quantitative estimate of drug-likeness (QED) is 0.860. The average molecular weight is 330 g/mol. The Kier molecular flexibility index (Phi) is 4.38. The number of halogens is 4. The molecule has 1 N–H and O–H groups in total. The lowest BCUT2D eigenvalue weighted by Crippen LogP contribution is -2.19. The molecular weight excluding hydrogens is 323 g/mol. The molecule has 100 valence electrons. The van der Waals surface area contributed by atoms with E-state index < -0.39 is 29.5 Å². The van der Waals surface area contributed by atoms with Crippen molar-refractivity contribution in [3.05, 3.63) is 17.3 Å². The molecule has 9 heteroatoms. The van der Waals surface area contributed by atoms with Crippen LogP contribution in [-0.2, 0) is 5.33 Å². The van der Waals surface area contributed by atoms with Gasteiger partial charge in [0.2, 0.25) is 0 Å². The van der Waals surface area contributed by atoms with Crippen LogP contribution in [0, 0.1) is 0 Å². The van der Waals surface area contributed by atoms with Gasteiger partial charge in [0.15, 0.2) is 5.75 Å². The number of carboxylic acids is 1. The van der Waals surface area contributed by atoms with Crippen molar-refractivity contribution in [1.82, 2.24) is 4.98 Å². The summed E-state index contributed by atoms with van der Waals surface area (Å²) in [6.07, 6.45) is -4.99. The van der Waals surface area contributed by atoms with E-state index in [0.717, 1.165) is 13.2 Å². The number of ether oxygens (including phenoxy) is 2. The van der Waals surface area contributed by atoms with Gasteiger partial charge in [0, 0.05) is 5.33 Å². The molecule has 0 aliphatic carbocycles. The van der Waals surface area contributed by atoms with Crippen LogP contribution in [0.1, 0.15) is 16.1 Å². The minimum atomic E-state index is -4.99. The highest BCUT2D eigenvalue weighted by Crippen LogP contribution is 2.34. The first-order chi connectivity index (χ1) is 8.28. The van der Waals surface area contributed by atoms with Gasteiger partial charge in [-0.3, -0.25) is 0 Å². The summed E-state index contributed by atoms with van der Waals surface area (Å²) < 4.78 is 44.7. The summed E-state index contributed by atoms with van der Waals surface area (Å²) in [6.45, 7) is 0. The van der Waals surface area contributed by atoms with Crippen molar-refractivity contribution in [1.29, 1.82) is 0 Å². The lowest BCUT2D eigenvalue weighted by Gasteiger charge is -2.14. The summed E-state index contributed by atoms with van der Waals surface area (Å²) in [7, 11) is 1.03. The average Bonchev–Trinajstić information content (AvgIpc) is 2.25. The molecule has 1 heterocycles. The Labute approximate surface area is 108 Å². The van der Waals surface area contributed by atoms with Crippen LogP contribution in [-0.4, -0.2) is 29.5 Å². The van der Waals surface area contributed by atoms with Crippen molar-refractivity contribution in [2.24, 2.45) is 0 Å². The van der Waals surface area contributed by atoms with Gasteiger partial charge in [-0.05, 0) is 6.07 Å². The number of methoxy groups -OCH3 is 1. The van der Waals surface area contributed by atoms with E-state index in [1.54, 1.807) is 0 Å². The molecule has 18 heavy (non-hydrogen) atoms. The Morgan fingerprint density at radius 3 is 2.56 bits per heavy atom. The van der Waals surface area contributed by atoms with Crippen molar-refractivity contribution in [3.63, 3.8) is 0 Å². The first-order valence-electron chi connectivity index (χ1n) is 4.41. The van der Waals surface area contributed by atoms with Crippen LogP contribution in [0.15, 0.2) is 6.07 Å². The molecule has 0 saturated heterocycles. The van der Waals surface area contributed by atoms with Crippen LogP contribution in [0.4, 0.5) is 13.2 Å². The maximum absolute atomic E-state index is 12.1. The molecule has 0 bridgehead atoms. The van der Waals surface area contributed by atoms with Crippen LogP contribution in [0.2, 0.25) is 0 Å². The third-order valence-electron chi connectivity index (χ3n) is 1.78. The summed E-state index contributed by atoms with van der Waals surface area (Å²) >= 11 is 2.97. The standard InChI is InChI=1S/C9H7BrF3NO4/c1-17-6-5(8(15)16)2-4(3-10)14-7(6)18-9(11,12)13/h2H,3H2,1H3,(H,15,16). The van der Waals surface area contributed by atoms with E-state index >= 15 is 0 Å². The number of nitrogens with zero attached hydrogens (tertiary/aromatic N) is 1. The van der Waals surface area contributed by atoms with Crippen molar-refractivity contribution in [2.75, 3.05) is 7.11 Å². The molecule has 1 aromatic rings. The van der Waals surface area contributed by atoms with E-state index in [-0.39, 0.29) is 11.0 Å². The molecule has 0 saturated carbocycles. The molecule has 5 nitrogen and oxygen atoms in total. The second-order valence-corrected chi connectivity index (χ2v) is 3.55. The highest BCUT2D eigenvalue weighted by atomic mass is 79.9. The number of hydrogen-bond donors (Lipinski definition) is 1. The molecule has 1 rings (SSSR count). The van der Waals surface area contributed by atoms with Gasteiger partial charge in [-0.25, -0.2) is 9.78 Å². The third kappa shape index (κ3) is 3.49. The van der Waals surface area contributed by atoms with Gasteiger partial charge in [-0.15, -0.1) is 13.2 Å². The number of carbonyl (C=O) groups is 1. The maximum atomic E-state index is 12.1. The van der Waals surface area contributed by atoms with Crippen LogP contribution < -0.4 is 9.47 Å². The van der Waals surface area contributed by atoms with Crippen LogP contribution in [0.3, 0.4) is 0 Å². The maximum Gasteiger partial charge on any atom is 0.574 e. The Hall–Kier alpha value is -1.51. The number of rotatable bonds is 4. The molecule has 0 unspecified atom stereocenters. The highest BCUT2D eigenvalue weighted by Gasteiger charge is 2.34. The summed E-state index contributed by atoms with van der Waals surface area (Å²) in [4.78, 5) is 14.4. The number of aromatic carboxylic acids is 1. The lowest BCUT2D eigenvalue weighted by atomic mass is 10.2. The zero-order chi connectivity index (χ0) is 13.9. The number of hydrogen-bond acceptors (Lipinski definition) is 4. The second-order valence-electron chi connectivity index (χ2n) is 2.99. The normalized spacial score (nSPS) is 11.2. The molecule has 1 aromatic heterocycles. The van der Waals surface area contributed by atoms with Crippen molar-refractivity contribution < 1.29 is 32.5 Å². The van der Waals surface area contributed by atoms with E-state index in [9.17, 15) is 18.0 Å². The fraction of sp³-hybridized carbons (Fsp3) is 0.333. The monoisotopic (exact) mass is 329 g/mol.